The van der Waals surface area contributed by atoms with Gasteiger partial charge >= 0.3 is 0 Å². The summed E-state index contributed by atoms with van der Waals surface area (Å²) in [7, 11) is 4.24. The maximum absolute atomic E-state index is 4.84. The fraction of sp³-hybridized carbons (Fsp3) is 0.929. The maximum Gasteiger partial charge on any atom is 0.0997 e. The third-order valence-electron chi connectivity index (χ3n) is 4.71. The minimum absolute atomic E-state index is 0.740. The molecule has 0 radical (unpaired) electrons. The van der Waals surface area contributed by atoms with E-state index in [4.69, 9.17) is 4.99 Å². The van der Waals surface area contributed by atoms with Gasteiger partial charge in [-0.05, 0) is 58.0 Å². The summed E-state index contributed by atoms with van der Waals surface area (Å²) < 4.78 is 0. The molecular weight excluding hydrogens is 210 g/mol. The van der Waals surface area contributed by atoms with E-state index >= 15 is 0 Å². The van der Waals surface area contributed by atoms with Crippen LogP contribution in [0.2, 0.25) is 0 Å². The number of amidine groups is 1. The van der Waals surface area contributed by atoms with Crippen molar-refractivity contribution in [1.82, 2.24) is 10.2 Å². The van der Waals surface area contributed by atoms with E-state index in [2.05, 4.69) is 24.3 Å². The molecule has 4 aliphatic rings. The first-order valence-electron chi connectivity index (χ1n) is 7.16. The fourth-order valence-electron chi connectivity index (χ4n) is 4.06. The first kappa shape index (κ1) is 11.5. The average molecular weight is 235 g/mol. The van der Waals surface area contributed by atoms with Crippen molar-refractivity contribution in [1.29, 1.82) is 0 Å². The molecule has 0 aromatic heterocycles. The summed E-state index contributed by atoms with van der Waals surface area (Å²) in [5, 5.41) is 3.74. The molecule has 2 unspecified atom stereocenters. The van der Waals surface area contributed by atoms with Crippen LogP contribution in [0.15, 0.2) is 4.99 Å². The number of hydrogen-bond donors (Lipinski definition) is 1. The topological polar surface area (TPSA) is 27.6 Å². The average Bonchev–Trinajstić information content (AvgIpc) is 2.43. The number of likely N-dealkylation sites (N-methyl/N-ethyl adjacent to an activating group) is 1. The smallest absolute Gasteiger partial charge is 0.0997 e. The van der Waals surface area contributed by atoms with E-state index in [0.29, 0.717) is 0 Å². The van der Waals surface area contributed by atoms with E-state index in [0.717, 1.165) is 36.9 Å². The molecule has 3 heteroatoms. The van der Waals surface area contributed by atoms with Crippen LogP contribution in [0.25, 0.3) is 0 Å². The fourth-order valence-corrected chi connectivity index (χ4v) is 4.06. The van der Waals surface area contributed by atoms with Crippen LogP contribution >= 0.6 is 0 Å². The number of hydrogen-bond acceptors (Lipinski definition) is 2. The zero-order valence-corrected chi connectivity index (χ0v) is 11.2. The third kappa shape index (κ3) is 2.49. The van der Waals surface area contributed by atoms with E-state index in [1.54, 1.807) is 0 Å². The van der Waals surface area contributed by atoms with Crippen molar-refractivity contribution in [2.45, 2.75) is 38.1 Å². The van der Waals surface area contributed by atoms with Gasteiger partial charge in [-0.15, -0.1) is 0 Å². The lowest BCUT2D eigenvalue weighted by molar-refractivity contribution is 0.162. The van der Waals surface area contributed by atoms with Crippen LogP contribution in [0.3, 0.4) is 0 Å². The van der Waals surface area contributed by atoms with Crippen LogP contribution in [0.5, 0.6) is 0 Å². The molecule has 2 saturated carbocycles. The molecule has 2 aliphatic heterocycles. The van der Waals surface area contributed by atoms with Gasteiger partial charge in [0.05, 0.1) is 12.4 Å². The Balaban J connectivity index is 1.69. The second-order valence-electron chi connectivity index (χ2n) is 6.52. The largest absolute Gasteiger partial charge is 0.371 e. The summed E-state index contributed by atoms with van der Waals surface area (Å²) in [6.07, 6.45) is 7.11. The van der Waals surface area contributed by atoms with Crippen LogP contribution in [0, 0.1) is 17.8 Å². The Hall–Kier alpha value is -0.570. The SMILES string of the molecule is CN(C)CCN=C1NC2C[C@@H]3CC1C[C@H](C2)C3. The summed E-state index contributed by atoms with van der Waals surface area (Å²) in [6, 6.07) is 0.740. The van der Waals surface area contributed by atoms with Crippen LogP contribution in [0.1, 0.15) is 32.1 Å². The van der Waals surface area contributed by atoms with Gasteiger partial charge in [0, 0.05) is 18.5 Å². The van der Waals surface area contributed by atoms with Crippen molar-refractivity contribution < 1.29 is 0 Å². The van der Waals surface area contributed by atoms with E-state index in [1.807, 2.05) is 0 Å². The minimum Gasteiger partial charge on any atom is -0.371 e. The molecule has 1 N–H and O–H groups in total. The van der Waals surface area contributed by atoms with Crippen LogP contribution < -0.4 is 5.32 Å². The van der Waals surface area contributed by atoms with E-state index < -0.39 is 0 Å². The molecule has 4 rings (SSSR count). The van der Waals surface area contributed by atoms with Gasteiger partial charge in [-0.1, -0.05) is 0 Å². The van der Waals surface area contributed by atoms with Crippen molar-refractivity contribution >= 4 is 5.84 Å². The number of nitrogens with zero attached hydrogens (tertiary/aromatic N) is 2. The molecule has 96 valence electrons. The van der Waals surface area contributed by atoms with E-state index in [9.17, 15) is 0 Å². The van der Waals surface area contributed by atoms with Gasteiger partial charge in [0.15, 0.2) is 0 Å². The lowest BCUT2D eigenvalue weighted by Crippen LogP contribution is -2.36. The second kappa shape index (κ2) is 4.60. The van der Waals surface area contributed by atoms with Gasteiger partial charge in [-0.3, -0.25) is 4.99 Å². The molecule has 4 bridgehead atoms. The predicted molar refractivity (Wildman–Crippen MR) is 71.3 cm³/mol. The van der Waals surface area contributed by atoms with E-state index in [-0.39, 0.29) is 0 Å². The molecule has 0 aromatic rings. The number of aliphatic imine (C=N–C) groups is 1. The predicted octanol–water partition coefficient (Wildman–Crippen LogP) is 1.74. The summed E-state index contributed by atoms with van der Waals surface area (Å²) in [5.74, 6) is 4.09. The molecule has 0 aromatic carbocycles. The molecule has 2 saturated heterocycles. The zero-order chi connectivity index (χ0) is 11.8. The normalized spacial score (nSPS) is 41.9. The Bertz CT molecular complexity index is 297. The molecule has 3 nitrogen and oxygen atoms in total. The van der Waals surface area contributed by atoms with Crippen LogP contribution in [0.4, 0.5) is 0 Å². The molecule has 2 heterocycles. The third-order valence-corrected chi connectivity index (χ3v) is 4.71. The van der Waals surface area contributed by atoms with Crippen molar-refractivity contribution in [3.63, 3.8) is 0 Å². The monoisotopic (exact) mass is 235 g/mol. The molecule has 2 aliphatic carbocycles. The van der Waals surface area contributed by atoms with Gasteiger partial charge in [-0.2, -0.15) is 0 Å². The Morgan fingerprint density at radius 2 is 1.82 bits per heavy atom. The van der Waals surface area contributed by atoms with Crippen molar-refractivity contribution in [2.24, 2.45) is 22.7 Å². The van der Waals surface area contributed by atoms with Crippen molar-refractivity contribution in [2.75, 3.05) is 27.2 Å². The first-order valence-corrected chi connectivity index (χ1v) is 7.16. The highest BCUT2D eigenvalue weighted by Crippen LogP contribution is 2.45. The van der Waals surface area contributed by atoms with Crippen LogP contribution in [-0.4, -0.2) is 44.0 Å². The van der Waals surface area contributed by atoms with Crippen LogP contribution in [-0.2, 0) is 0 Å². The molecule has 4 atom stereocenters. The zero-order valence-electron chi connectivity index (χ0n) is 11.2. The number of fused-ring (bicyclic) bond motifs is 1. The molecule has 0 spiro atoms. The molecular formula is C14H25N3. The molecule has 0 amide bonds. The van der Waals surface area contributed by atoms with Gasteiger partial charge in [0.2, 0.25) is 0 Å². The van der Waals surface area contributed by atoms with Gasteiger partial charge < -0.3 is 10.2 Å². The quantitative estimate of drug-likeness (QED) is 0.807. The maximum atomic E-state index is 4.84. The molecule has 17 heavy (non-hydrogen) atoms. The summed E-state index contributed by atoms with van der Waals surface area (Å²) >= 11 is 0. The minimum atomic E-state index is 0.740. The first-order chi connectivity index (χ1) is 8.20. The Labute approximate surface area is 105 Å². The summed E-state index contributed by atoms with van der Waals surface area (Å²) in [4.78, 5) is 7.06. The lowest BCUT2D eigenvalue weighted by Gasteiger charge is -2.37. The van der Waals surface area contributed by atoms with E-state index in [1.165, 1.54) is 37.9 Å². The number of rotatable bonds is 3. The molecule has 4 fully saturated rings. The highest BCUT2D eigenvalue weighted by Gasteiger charge is 2.41. The Morgan fingerprint density at radius 3 is 2.47 bits per heavy atom. The lowest BCUT2D eigenvalue weighted by atomic mass is 9.68. The highest BCUT2D eigenvalue weighted by molar-refractivity contribution is 5.85. The Morgan fingerprint density at radius 1 is 1.12 bits per heavy atom. The van der Waals surface area contributed by atoms with Crippen molar-refractivity contribution in [3.05, 3.63) is 0 Å². The summed E-state index contributed by atoms with van der Waals surface area (Å²) in [5.41, 5.74) is 0. The standard InChI is InChI=1S/C14H25N3/c1-17(2)4-3-15-14-12-6-10-5-11(7-12)9-13(8-10)16-14/h10-13H,3-9H2,1-2H3,(H,15,16)/t10-,11+,12?,13?. The highest BCUT2D eigenvalue weighted by atomic mass is 15.1. The van der Waals surface area contributed by atoms with Gasteiger partial charge in [0.25, 0.3) is 0 Å². The Kier molecular flexibility index (Phi) is 3.12. The van der Waals surface area contributed by atoms with Gasteiger partial charge in [-0.25, -0.2) is 0 Å². The van der Waals surface area contributed by atoms with Crippen molar-refractivity contribution in [3.8, 4) is 0 Å². The number of nitrogens with one attached hydrogen (secondary N) is 1. The van der Waals surface area contributed by atoms with Gasteiger partial charge in [0.1, 0.15) is 0 Å². The summed E-state index contributed by atoms with van der Waals surface area (Å²) in [6.45, 7) is 2.02. The second-order valence-corrected chi connectivity index (χ2v) is 6.52.